The largest absolute Gasteiger partial charge is 0.462 e. The lowest BCUT2D eigenvalue weighted by atomic mass is 10.2. The van der Waals surface area contributed by atoms with E-state index in [0.29, 0.717) is 13.0 Å². The molecule has 0 amide bonds. The van der Waals surface area contributed by atoms with Crippen molar-refractivity contribution in [2.45, 2.75) is 33.1 Å². The molecule has 72 valence electrons. The number of carbonyl (C=O) groups excluding carboxylic acids is 1. The Morgan fingerprint density at radius 2 is 2.23 bits per heavy atom. The SMILES string of the molecule is CC/C=C(\C#N)C(=O)OCCCC. The highest BCUT2D eigenvalue weighted by molar-refractivity contribution is 5.92. The molecule has 0 saturated carbocycles. The quantitative estimate of drug-likeness (QED) is 0.283. The van der Waals surface area contributed by atoms with Crippen LogP contribution in [0.25, 0.3) is 0 Å². The lowest BCUT2D eigenvalue weighted by Crippen LogP contribution is -2.07. The molecule has 0 aromatic carbocycles. The molecule has 0 unspecified atom stereocenters. The molecule has 0 aliphatic rings. The molecule has 0 bridgehead atoms. The van der Waals surface area contributed by atoms with Gasteiger partial charge in [0.1, 0.15) is 11.6 Å². The van der Waals surface area contributed by atoms with E-state index in [9.17, 15) is 4.79 Å². The number of rotatable bonds is 5. The van der Waals surface area contributed by atoms with Crippen LogP contribution >= 0.6 is 0 Å². The molecule has 0 aromatic rings. The van der Waals surface area contributed by atoms with Crippen molar-refractivity contribution < 1.29 is 9.53 Å². The molecule has 0 spiro atoms. The summed E-state index contributed by atoms with van der Waals surface area (Å²) in [6, 6.07) is 1.82. The van der Waals surface area contributed by atoms with Crippen LogP contribution in [0.2, 0.25) is 0 Å². The van der Waals surface area contributed by atoms with Gasteiger partial charge >= 0.3 is 5.97 Å². The first-order chi connectivity index (χ1) is 6.26. The van der Waals surface area contributed by atoms with Gasteiger partial charge in [-0.1, -0.05) is 26.3 Å². The molecule has 0 saturated heterocycles. The van der Waals surface area contributed by atoms with E-state index in [1.54, 1.807) is 6.08 Å². The van der Waals surface area contributed by atoms with E-state index in [1.165, 1.54) is 0 Å². The number of allylic oxidation sites excluding steroid dienone is 1. The molecule has 0 N–H and O–H groups in total. The average Bonchev–Trinajstić information content (AvgIpc) is 2.14. The lowest BCUT2D eigenvalue weighted by Gasteiger charge is -2.01. The first-order valence-corrected chi connectivity index (χ1v) is 4.53. The summed E-state index contributed by atoms with van der Waals surface area (Å²) in [6.45, 7) is 4.29. The molecule has 0 aromatic heterocycles. The number of carbonyl (C=O) groups is 1. The first-order valence-electron chi connectivity index (χ1n) is 4.53. The van der Waals surface area contributed by atoms with Gasteiger partial charge in [0.25, 0.3) is 0 Å². The summed E-state index contributed by atoms with van der Waals surface area (Å²) in [5, 5.41) is 8.56. The predicted molar refractivity (Wildman–Crippen MR) is 49.9 cm³/mol. The maximum atomic E-state index is 11.1. The second kappa shape index (κ2) is 7.35. The number of esters is 1. The Balaban J connectivity index is 3.95. The number of unbranched alkanes of at least 4 members (excludes halogenated alkanes) is 1. The van der Waals surface area contributed by atoms with E-state index >= 15 is 0 Å². The van der Waals surface area contributed by atoms with Crippen molar-refractivity contribution in [3.63, 3.8) is 0 Å². The summed E-state index contributed by atoms with van der Waals surface area (Å²) in [5.74, 6) is -0.502. The minimum atomic E-state index is -0.502. The molecule has 0 heterocycles. The maximum absolute atomic E-state index is 11.1. The maximum Gasteiger partial charge on any atom is 0.348 e. The van der Waals surface area contributed by atoms with Gasteiger partial charge in [-0.25, -0.2) is 4.79 Å². The van der Waals surface area contributed by atoms with Crippen molar-refractivity contribution in [3.05, 3.63) is 11.6 Å². The second-order valence-electron chi connectivity index (χ2n) is 2.63. The average molecular weight is 181 g/mol. The van der Waals surface area contributed by atoms with Crippen LogP contribution in [0.3, 0.4) is 0 Å². The highest BCUT2D eigenvalue weighted by atomic mass is 16.5. The normalized spacial score (nSPS) is 10.7. The van der Waals surface area contributed by atoms with Crippen LogP contribution < -0.4 is 0 Å². The number of nitriles is 1. The topological polar surface area (TPSA) is 50.1 Å². The summed E-state index contributed by atoms with van der Waals surface area (Å²) < 4.78 is 4.86. The Bertz CT molecular complexity index is 226. The van der Waals surface area contributed by atoms with E-state index in [4.69, 9.17) is 10.00 Å². The fraction of sp³-hybridized carbons (Fsp3) is 0.600. The highest BCUT2D eigenvalue weighted by Gasteiger charge is 2.08. The minimum absolute atomic E-state index is 0.110. The van der Waals surface area contributed by atoms with Gasteiger partial charge in [0.15, 0.2) is 0 Å². The Labute approximate surface area is 79.0 Å². The van der Waals surface area contributed by atoms with Gasteiger partial charge in [0.2, 0.25) is 0 Å². The lowest BCUT2D eigenvalue weighted by molar-refractivity contribution is -0.138. The van der Waals surface area contributed by atoms with Crippen molar-refractivity contribution in [3.8, 4) is 6.07 Å². The van der Waals surface area contributed by atoms with Crippen molar-refractivity contribution in [1.82, 2.24) is 0 Å². The van der Waals surface area contributed by atoms with E-state index < -0.39 is 5.97 Å². The molecular weight excluding hydrogens is 166 g/mol. The van der Waals surface area contributed by atoms with E-state index in [1.807, 2.05) is 19.9 Å². The molecule has 13 heavy (non-hydrogen) atoms. The van der Waals surface area contributed by atoms with Crippen LogP contribution in [0.15, 0.2) is 11.6 Å². The van der Waals surface area contributed by atoms with Crippen molar-refractivity contribution in [1.29, 1.82) is 5.26 Å². The van der Waals surface area contributed by atoms with Gasteiger partial charge in [0.05, 0.1) is 6.61 Å². The van der Waals surface area contributed by atoms with Crippen molar-refractivity contribution in [2.24, 2.45) is 0 Å². The summed E-state index contributed by atoms with van der Waals surface area (Å²) in [6.07, 6.45) is 4.07. The minimum Gasteiger partial charge on any atom is -0.462 e. The molecule has 0 aliphatic heterocycles. The molecule has 0 fully saturated rings. The molecule has 0 aliphatic carbocycles. The third kappa shape index (κ3) is 5.02. The van der Waals surface area contributed by atoms with Gasteiger partial charge in [-0.15, -0.1) is 0 Å². The third-order valence-electron chi connectivity index (χ3n) is 1.48. The van der Waals surface area contributed by atoms with Gasteiger partial charge in [-0.05, 0) is 12.8 Å². The summed E-state index contributed by atoms with van der Waals surface area (Å²) in [7, 11) is 0. The van der Waals surface area contributed by atoms with Crippen molar-refractivity contribution >= 4 is 5.97 Å². The Morgan fingerprint density at radius 3 is 2.69 bits per heavy atom. The summed E-state index contributed by atoms with van der Waals surface area (Å²) in [4.78, 5) is 11.1. The van der Waals surface area contributed by atoms with Crippen LogP contribution in [0.1, 0.15) is 33.1 Å². The Kier molecular flexibility index (Phi) is 6.62. The summed E-state index contributed by atoms with van der Waals surface area (Å²) in [5.41, 5.74) is 0.110. The third-order valence-corrected chi connectivity index (χ3v) is 1.48. The highest BCUT2D eigenvalue weighted by Crippen LogP contribution is 1.99. The van der Waals surface area contributed by atoms with Crippen LogP contribution in [0.4, 0.5) is 0 Å². The molecule has 3 heteroatoms. The van der Waals surface area contributed by atoms with Crippen LogP contribution in [-0.2, 0) is 9.53 Å². The first kappa shape index (κ1) is 11.7. The molecular formula is C10H15NO2. The van der Waals surface area contributed by atoms with Crippen molar-refractivity contribution in [2.75, 3.05) is 6.61 Å². The molecule has 0 rings (SSSR count). The number of hydrogen-bond donors (Lipinski definition) is 0. The molecule has 0 atom stereocenters. The number of hydrogen-bond acceptors (Lipinski definition) is 3. The van der Waals surface area contributed by atoms with Crippen LogP contribution in [0.5, 0.6) is 0 Å². The van der Waals surface area contributed by atoms with Gasteiger partial charge in [0, 0.05) is 0 Å². The Hall–Kier alpha value is -1.30. The van der Waals surface area contributed by atoms with Gasteiger partial charge < -0.3 is 4.74 Å². The standard InChI is InChI=1S/C10H15NO2/c1-3-5-7-13-10(12)9(8-11)6-4-2/h6H,3-5,7H2,1-2H3/b9-6+. The van der Waals surface area contributed by atoms with Gasteiger partial charge in [-0.3, -0.25) is 0 Å². The summed E-state index contributed by atoms with van der Waals surface area (Å²) >= 11 is 0. The molecule has 0 radical (unpaired) electrons. The predicted octanol–water partition coefficient (Wildman–Crippen LogP) is 2.19. The zero-order valence-corrected chi connectivity index (χ0v) is 8.17. The second-order valence-corrected chi connectivity index (χ2v) is 2.63. The number of ether oxygens (including phenoxy) is 1. The fourth-order valence-corrected chi connectivity index (χ4v) is 0.766. The van der Waals surface area contributed by atoms with E-state index in [-0.39, 0.29) is 5.57 Å². The van der Waals surface area contributed by atoms with E-state index in [0.717, 1.165) is 12.8 Å². The van der Waals surface area contributed by atoms with E-state index in [2.05, 4.69) is 0 Å². The van der Waals surface area contributed by atoms with Crippen LogP contribution in [-0.4, -0.2) is 12.6 Å². The fourth-order valence-electron chi connectivity index (χ4n) is 0.766. The monoisotopic (exact) mass is 181 g/mol. The van der Waals surface area contributed by atoms with Gasteiger partial charge in [-0.2, -0.15) is 5.26 Å². The molecule has 3 nitrogen and oxygen atoms in total. The number of nitrogens with zero attached hydrogens (tertiary/aromatic N) is 1. The zero-order chi connectivity index (χ0) is 10.1. The zero-order valence-electron chi connectivity index (χ0n) is 8.17. The van der Waals surface area contributed by atoms with Crippen LogP contribution in [0, 0.1) is 11.3 Å². The smallest absolute Gasteiger partial charge is 0.348 e. The Morgan fingerprint density at radius 1 is 1.54 bits per heavy atom.